The predicted octanol–water partition coefficient (Wildman–Crippen LogP) is 1.13. The van der Waals surface area contributed by atoms with Crippen LogP contribution in [0.25, 0.3) is 10.9 Å². The molecule has 1 amide bonds. The van der Waals surface area contributed by atoms with Gasteiger partial charge in [0.1, 0.15) is 11.6 Å². The van der Waals surface area contributed by atoms with E-state index in [0.717, 1.165) is 0 Å². The zero-order valence-corrected chi connectivity index (χ0v) is 11.7. The van der Waals surface area contributed by atoms with Crippen molar-refractivity contribution in [2.45, 2.75) is 6.04 Å². The summed E-state index contributed by atoms with van der Waals surface area (Å²) in [6.07, 6.45) is 1.36. The fourth-order valence-electron chi connectivity index (χ4n) is 2.33. The molecule has 7 heteroatoms. The Morgan fingerprint density at radius 1 is 1.33 bits per heavy atom. The summed E-state index contributed by atoms with van der Waals surface area (Å²) in [6.45, 7) is 0. The summed E-state index contributed by atoms with van der Waals surface area (Å²) in [7, 11) is 0. The Balaban J connectivity index is 2.04. The highest BCUT2D eigenvalue weighted by Gasteiger charge is 2.35. The number of carboxylic acids is 1. The molecule has 0 aliphatic carbocycles. The van der Waals surface area contributed by atoms with E-state index >= 15 is 0 Å². The lowest BCUT2D eigenvalue weighted by Gasteiger charge is -2.20. The number of hydrogen-bond donors (Lipinski definition) is 2. The predicted molar refractivity (Wildman–Crippen MR) is 79.5 cm³/mol. The molecule has 1 saturated heterocycles. The summed E-state index contributed by atoms with van der Waals surface area (Å²) < 4.78 is 0. The van der Waals surface area contributed by atoms with Gasteiger partial charge in [0.2, 0.25) is 5.43 Å². The normalized spacial score (nSPS) is 18.1. The number of carbonyl (C=O) groups is 2. The number of rotatable bonds is 2. The number of pyridine rings is 1. The van der Waals surface area contributed by atoms with Gasteiger partial charge in [0.25, 0.3) is 5.91 Å². The summed E-state index contributed by atoms with van der Waals surface area (Å²) in [6, 6.07) is 6.01. The van der Waals surface area contributed by atoms with Crippen molar-refractivity contribution in [1.82, 2.24) is 9.88 Å². The van der Waals surface area contributed by atoms with E-state index in [1.165, 1.54) is 22.9 Å². The van der Waals surface area contributed by atoms with Gasteiger partial charge in [-0.1, -0.05) is 12.1 Å². The summed E-state index contributed by atoms with van der Waals surface area (Å²) in [4.78, 5) is 40.1. The van der Waals surface area contributed by atoms with Crippen LogP contribution in [0.4, 0.5) is 0 Å². The number of aromatic nitrogens is 1. The van der Waals surface area contributed by atoms with Crippen molar-refractivity contribution in [2.75, 3.05) is 11.6 Å². The van der Waals surface area contributed by atoms with Crippen LogP contribution in [0.5, 0.6) is 0 Å². The van der Waals surface area contributed by atoms with Crippen molar-refractivity contribution < 1.29 is 14.7 Å². The third-order valence-corrected chi connectivity index (χ3v) is 4.46. The largest absolute Gasteiger partial charge is 0.480 e. The molecule has 2 aromatic rings. The van der Waals surface area contributed by atoms with Crippen LogP contribution >= 0.6 is 11.8 Å². The van der Waals surface area contributed by atoms with Gasteiger partial charge in [-0.05, 0) is 12.1 Å². The highest BCUT2D eigenvalue weighted by molar-refractivity contribution is 7.99. The molecule has 1 aromatic carbocycles. The summed E-state index contributed by atoms with van der Waals surface area (Å²) in [5.41, 5.74) is 0.238. The second kappa shape index (κ2) is 5.25. The maximum absolute atomic E-state index is 12.5. The molecule has 3 rings (SSSR count). The van der Waals surface area contributed by atoms with Gasteiger partial charge in [0, 0.05) is 22.9 Å². The average molecular weight is 304 g/mol. The summed E-state index contributed by atoms with van der Waals surface area (Å²) in [5, 5.41) is 9.55. The number of carbonyl (C=O) groups excluding carboxylic acids is 1. The van der Waals surface area contributed by atoms with E-state index < -0.39 is 17.9 Å². The third kappa shape index (κ3) is 2.29. The quantitative estimate of drug-likeness (QED) is 0.868. The molecule has 21 heavy (non-hydrogen) atoms. The highest BCUT2D eigenvalue weighted by Crippen LogP contribution is 2.22. The van der Waals surface area contributed by atoms with Crippen LogP contribution in [-0.2, 0) is 4.79 Å². The number of hydrogen-bond acceptors (Lipinski definition) is 4. The average Bonchev–Trinajstić information content (AvgIpc) is 2.97. The van der Waals surface area contributed by atoms with Crippen LogP contribution in [0.2, 0.25) is 0 Å². The van der Waals surface area contributed by atoms with Crippen molar-refractivity contribution in [1.29, 1.82) is 0 Å². The Morgan fingerprint density at radius 3 is 2.86 bits per heavy atom. The number of nitrogens with zero attached hydrogens (tertiary/aromatic N) is 1. The van der Waals surface area contributed by atoms with Crippen molar-refractivity contribution in [3.63, 3.8) is 0 Å². The molecule has 0 saturated carbocycles. The number of nitrogens with one attached hydrogen (secondary N) is 1. The monoisotopic (exact) mass is 304 g/mol. The molecule has 2 N–H and O–H groups in total. The minimum Gasteiger partial charge on any atom is -0.480 e. The van der Waals surface area contributed by atoms with E-state index in [-0.39, 0.29) is 16.9 Å². The number of H-pyrrole nitrogens is 1. The van der Waals surface area contributed by atoms with E-state index in [2.05, 4.69) is 4.98 Å². The first-order chi connectivity index (χ1) is 10.1. The van der Waals surface area contributed by atoms with Crippen LogP contribution < -0.4 is 5.43 Å². The lowest BCUT2D eigenvalue weighted by molar-refractivity contribution is -0.140. The zero-order chi connectivity index (χ0) is 15.0. The van der Waals surface area contributed by atoms with Gasteiger partial charge in [-0.15, -0.1) is 11.8 Å². The third-order valence-electron chi connectivity index (χ3n) is 3.45. The summed E-state index contributed by atoms with van der Waals surface area (Å²) in [5.74, 6) is -0.973. The Kier molecular flexibility index (Phi) is 3.42. The van der Waals surface area contributed by atoms with Crippen molar-refractivity contribution in [3.8, 4) is 0 Å². The molecule has 6 nitrogen and oxygen atoms in total. The molecule has 1 aliphatic heterocycles. The second-order valence-corrected chi connectivity index (χ2v) is 5.71. The zero-order valence-electron chi connectivity index (χ0n) is 10.9. The lowest BCUT2D eigenvalue weighted by Crippen LogP contribution is -2.43. The number of thioether (sulfide) groups is 1. The molecule has 1 aliphatic rings. The second-order valence-electron chi connectivity index (χ2n) is 4.71. The van der Waals surface area contributed by atoms with Crippen molar-refractivity contribution in [3.05, 3.63) is 46.2 Å². The lowest BCUT2D eigenvalue weighted by atomic mass is 10.1. The molecule has 0 bridgehead atoms. The van der Waals surface area contributed by atoms with Crippen LogP contribution in [-0.4, -0.2) is 44.5 Å². The molecule has 0 radical (unpaired) electrons. The molecule has 1 fully saturated rings. The maximum Gasteiger partial charge on any atom is 0.327 e. The van der Waals surface area contributed by atoms with Gasteiger partial charge >= 0.3 is 5.97 Å². The number of aromatic amines is 1. The van der Waals surface area contributed by atoms with Crippen LogP contribution in [0.3, 0.4) is 0 Å². The van der Waals surface area contributed by atoms with Crippen LogP contribution in [0.15, 0.2) is 35.3 Å². The fraction of sp³-hybridized carbons (Fsp3) is 0.214. The number of amides is 1. The number of para-hydroxylation sites is 1. The van der Waals surface area contributed by atoms with Gasteiger partial charge in [0.15, 0.2) is 0 Å². The number of benzene rings is 1. The molecule has 2 heterocycles. The molecule has 1 aromatic heterocycles. The molecule has 108 valence electrons. The standard InChI is InChI=1S/C14H12N2O4S/c17-12-8-3-1-2-4-10(8)15-5-9(12)13(18)16-7-21-6-11(16)14(19)20/h1-5,11H,6-7H2,(H,15,17)(H,19,20). The van der Waals surface area contributed by atoms with Gasteiger partial charge in [-0.2, -0.15) is 0 Å². The van der Waals surface area contributed by atoms with E-state index in [1.807, 2.05) is 0 Å². The SMILES string of the molecule is O=C(O)C1CSCN1C(=O)c1c[nH]c2ccccc2c1=O. The molecular formula is C14H12N2O4S. The Hall–Kier alpha value is -2.28. The van der Waals surface area contributed by atoms with E-state index in [0.29, 0.717) is 16.7 Å². The first kappa shape index (κ1) is 13.7. The topological polar surface area (TPSA) is 90.5 Å². The first-order valence-electron chi connectivity index (χ1n) is 6.31. The minimum atomic E-state index is -1.05. The van der Waals surface area contributed by atoms with Crippen LogP contribution in [0.1, 0.15) is 10.4 Å². The Morgan fingerprint density at radius 2 is 2.10 bits per heavy atom. The van der Waals surface area contributed by atoms with Gasteiger partial charge < -0.3 is 15.0 Å². The molecule has 1 atom stereocenters. The van der Waals surface area contributed by atoms with E-state index in [9.17, 15) is 14.4 Å². The molecular weight excluding hydrogens is 292 g/mol. The molecule has 1 unspecified atom stereocenters. The van der Waals surface area contributed by atoms with E-state index in [1.54, 1.807) is 24.3 Å². The maximum atomic E-state index is 12.5. The minimum absolute atomic E-state index is 0.0255. The number of fused-ring (bicyclic) bond motifs is 1. The van der Waals surface area contributed by atoms with Crippen LogP contribution in [0, 0.1) is 0 Å². The number of carboxylic acid groups (broad SMARTS) is 1. The Bertz CT molecular complexity index is 786. The number of aliphatic carboxylic acids is 1. The van der Waals surface area contributed by atoms with Gasteiger partial charge in [-0.3, -0.25) is 9.59 Å². The fourth-order valence-corrected chi connectivity index (χ4v) is 3.47. The smallest absolute Gasteiger partial charge is 0.327 e. The van der Waals surface area contributed by atoms with Crippen molar-refractivity contribution >= 4 is 34.5 Å². The van der Waals surface area contributed by atoms with Crippen molar-refractivity contribution in [2.24, 2.45) is 0 Å². The first-order valence-corrected chi connectivity index (χ1v) is 7.47. The van der Waals surface area contributed by atoms with Gasteiger partial charge in [-0.25, -0.2) is 4.79 Å². The molecule has 0 spiro atoms. The van der Waals surface area contributed by atoms with Gasteiger partial charge in [0.05, 0.1) is 5.88 Å². The van der Waals surface area contributed by atoms with E-state index in [4.69, 9.17) is 5.11 Å². The highest BCUT2D eigenvalue weighted by atomic mass is 32.2. The Labute approximate surface area is 123 Å². The summed E-state index contributed by atoms with van der Waals surface area (Å²) >= 11 is 1.36.